The average Bonchev–Trinajstić information content (AvgIpc) is 2.78. The Morgan fingerprint density at radius 1 is 1.59 bits per heavy atom. The molecule has 2 aromatic rings. The number of likely N-dealkylation sites (tertiary alicyclic amines) is 1. The number of carboxylic acid groups (broad SMARTS) is 1. The van der Waals surface area contributed by atoms with Crippen LogP contribution in [0.2, 0.25) is 0 Å². The summed E-state index contributed by atoms with van der Waals surface area (Å²) in [5, 5.41) is 17.1. The number of carbonyl (C=O) groups is 1. The molecule has 1 aliphatic heterocycles. The van der Waals surface area contributed by atoms with Crippen LogP contribution in [0.1, 0.15) is 30.5 Å². The first-order chi connectivity index (χ1) is 10.4. The molecule has 22 heavy (non-hydrogen) atoms. The second-order valence-electron chi connectivity index (χ2n) is 6.35. The number of aliphatic carboxylic acids is 1. The van der Waals surface area contributed by atoms with Crippen molar-refractivity contribution in [3.05, 3.63) is 29.5 Å². The Kier molecular flexibility index (Phi) is 3.64. The number of aromatic nitrogens is 2. The highest BCUT2D eigenvalue weighted by molar-refractivity contribution is 5.81. The molecule has 0 aliphatic carbocycles. The summed E-state index contributed by atoms with van der Waals surface area (Å²) in [5.74, 6) is -1.15. The summed E-state index contributed by atoms with van der Waals surface area (Å²) in [6.07, 6.45) is 0.606. The maximum Gasteiger partial charge on any atom is 0.317 e. The molecular weight excluding hydrogens is 285 g/mol. The number of hydrogen-bond donors (Lipinski definition) is 2. The fourth-order valence-corrected chi connectivity index (χ4v) is 3.46. The normalized spacial score (nSPS) is 26.4. The summed E-state index contributed by atoms with van der Waals surface area (Å²) >= 11 is 0. The van der Waals surface area contributed by atoms with E-state index in [4.69, 9.17) is 5.11 Å². The van der Waals surface area contributed by atoms with Crippen LogP contribution in [-0.2, 0) is 4.79 Å². The molecule has 0 radical (unpaired) electrons. The van der Waals surface area contributed by atoms with Crippen molar-refractivity contribution < 1.29 is 14.3 Å². The molecule has 1 aromatic carbocycles. The van der Waals surface area contributed by atoms with E-state index in [1.807, 2.05) is 25.1 Å². The Hall–Kier alpha value is -1.95. The van der Waals surface area contributed by atoms with Crippen LogP contribution in [0.5, 0.6) is 0 Å². The zero-order valence-corrected chi connectivity index (χ0v) is 12.8. The molecule has 1 fully saturated rings. The number of nitrogens with zero attached hydrogens (tertiary/aromatic N) is 2. The van der Waals surface area contributed by atoms with Crippen molar-refractivity contribution in [3.8, 4) is 0 Å². The molecule has 0 amide bonds. The number of rotatable bonds is 3. The van der Waals surface area contributed by atoms with Gasteiger partial charge < -0.3 is 5.11 Å². The molecule has 3 rings (SSSR count). The van der Waals surface area contributed by atoms with E-state index in [-0.39, 0.29) is 19.0 Å². The van der Waals surface area contributed by atoms with Gasteiger partial charge in [0.15, 0.2) is 0 Å². The Labute approximate surface area is 128 Å². The van der Waals surface area contributed by atoms with Gasteiger partial charge in [0.05, 0.1) is 12.1 Å². The highest BCUT2D eigenvalue weighted by Crippen LogP contribution is 2.39. The minimum atomic E-state index is -1.45. The maximum atomic E-state index is 15.1. The van der Waals surface area contributed by atoms with E-state index in [9.17, 15) is 4.79 Å². The molecule has 1 aliphatic rings. The Morgan fingerprint density at radius 2 is 2.36 bits per heavy atom. The van der Waals surface area contributed by atoms with Crippen LogP contribution in [-0.4, -0.2) is 51.5 Å². The fraction of sp³-hybridized carbons (Fsp3) is 0.500. The lowest BCUT2D eigenvalue weighted by molar-refractivity contribution is -0.139. The number of H-pyrrole nitrogens is 1. The summed E-state index contributed by atoms with van der Waals surface area (Å²) in [5.41, 5.74) is 1.32. The molecule has 0 saturated carbocycles. The quantitative estimate of drug-likeness (QED) is 0.914. The van der Waals surface area contributed by atoms with Crippen molar-refractivity contribution in [2.75, 3.05) is 19.6 Å². The molecule has 1 aromatic heterocycles. The second-order valence-corrected chi connectivity index (χ2v) is 6.35. The zero-order valence-electron chi connectivity index (χ0n) is 12.8. The van der Waals surface area contributed by atoms with Gasteiger partial charge in [-0.2, -0.15) is 5.10 Å². The van der Waals surface area contributed by atoms with E-state index < -0.39 is 11.6 Å². The van der Waals surface area contributed by atoms with Crippen LogP contribution in [0.4, 0.5) is 4.39 Å². The van der Waals surface area contributed by atoms with Gasteiger partial charge in [0.2, 0.25) is 0 Å². The van der Waals surface area contributed by atoms with Crippen LogP contribution < -0.4 is 0 Å². The summed E-state index contributed by atoms with van der Waals surface area (Å²) in [6, 6.07) is 5.87. The van der Waals surface area contributed by atoms with Crippen molar-refractivity contribution in [1.29, 1.82) is 0 Å². The second kappa shape index (κ2) is 5.35. The Balaban J connectivity index is 1.85. The number of piperidine rings is 1. The number of alkyl halides is 1. The highest BCUT2D eigenvalue weighted by Gasteiger charge is 2.41. The number of aromatic amines is 1. The van der Waals surface area contributed by atoms with Gasteiger partial charge in [-0.25, -0.2) is 4.39 Å². The van der Waals surface area contributed by atoms with Crippen LogP contribution >= 0.6 is 0 Å². The SMILES string of the molecule is Cc1[nH]nc2cc(C3CCN(CC(=O)O)CC3(C)F)ccc12. The molecule has 1 saturated heterocycles. The molecule has 5 nitrogen and oxygen atoms in total. The predicted octanol–water partition coefficient (Wildman–Crippen LogP) is 2.47. The lowest BCUT2D eigenvalue weighted by Crippen LogP contribution is -2.49. The van der Waals surface area contributed by atoms with Crippen molar-refractivity contribution in [2.45, 2.75) is 31.9 Å². The Morgan fingerprint density at radius 3 is 3.05 bits per heavy atom. The number of halogens is 1. The first kappa shape index (κ1) is 15.0. The third-order valence-electron chi connectivity index (χ3n) is 4.52. The van der Waals surface area contributed by atoms with Crippen LogP contribution in [0, 0.1) is 6.92 Å². The number of carboxylic acids is 1. The maximum absolute atomic E-state index is 15.1. The van der Waals surface area contributed by atoms with Gasteiger partial charge in [-0.3, -0.25) is 14.8 Å². The average molecular weight is 305 g/mol. The van der Waals surface area contributed by atoms with E-state index in [0.717, 1.165) is 22.2 Å². The summed E-state index contributed by atoms with van der Waals surface area (Å²) in [7, 11) is 0. The predicted molar refractivity (Wildman–Crippen MR) is 81.8 cm³/mol. The molecule has 6 heteroatoms. The monoisotopic (exact) mass is 305 g/mol. The lowest BCUT2D eigenvalue weighted by Gasteiger charge is -2.41. The summed E-state index contributed by atoms with van der Waals surface area (Å²) < 4.78 is 15.1. The molecule has 0 bridgehead atoms. The first-order valence-electron chi connectivity index (χ1n) is 7.44. The summed E-state index contributed by atoms with van der Waals surface area (Å²) in [6.45, 7) is 4.14. The molecule has 2 unspecified atom stereocenters. The van der Waals surface area contributed by atoms with E-state index in [0.29, 0.717) is 13.0 Å². The van der Waals surface area contributed by atoms with Crippen LogP contribution in [0.25, 0.3) is 10.9 Å². The van der Waals surface area contributed by atoms with E-state index in [1.54, 1.807) is 11.8 Å². The van der Waals surface area contributed by atoms with Gasteiger partial charge >= 0.3 is 5.97 Å². The standard InChI is InChI=1S/C16H20FN3O2/c1-10-12-4-3-11(7-14(12)19-18-10)13-5-6-20(8-15(21)22)9-16(13,2)17/h3-4,7,13H,5-6,8-9H2,1-2H3,(H,18,19)(H,21,22). The fourth-order valence-electron chi connectivity index (χ4n) is 3.46. The molecular formula is C16H20FN3O2. The summed E-state index contributed by atoms with van der Waals surface area (Å²) in [4.78, 5) is 12.5. The smallest absolute Gasteiger partial charge is 0.317 e. The van der Waals surface area contributed by atoms with Gasteiger partial charge in [0.25, 0.3) is 0 Å². The van der Waals surface area contributed by atoms with Gasteiger partial charge in [-0.05, 0) is 38.4 Å². The largest absolute Gasteiger partial charge is 0.480 e. The highest BCUT2D eigenvalue weighted by atomic mass is 19.1. The molecule has 2 heterocycles. The molecule has 2 N–H and O–H groups in total. The van der Waals surface area contributed by atoms with Crippen molar-refractivity contribution >= 4 is 16.9 Å². The van der Waals surface area contributed by atoms with E-state index in [1.165, 1.54) is 0 Å². The number of fused-ring (bicyclic) bond motifs is 1. The van der Waals surface area contributed by atoms with Crippen molar-refractivity contribution in [1.82, 2.24) is 15.1 Å². The molecule has 118 valence electrons. The van der Waals surface area contributed by atoms with Gasteiger partial charge in [-0.1, -0.05) is 12.1 Å². The van der Waals surface area contributed by atoms with Gasteiger partial charge in [0, 0.05) is 23.5 Å². The zero-order chi connectivity index (χ0) is 15.9. The van der Waals surface area contributed by atoms with Crippen molar-refractivity contribution in [2.24, 2.45) is 0 Å². The number of hydrogen-bond acceptors (Lipinski definition) is 3. The van der Waals surface area contributed by atoms with Gasteiger partial charge in [-0.15, -0.1) is 0 Å². The minimum absolute atomic E-state index is 0.107. The van der Waals surface area contributed by atoms with E-state index >= 15 is 4.39 Å². The van der Waals surface area contributed by atoms with E-state index in [2.05, 4.69) is 10.2 Å². The first-order valence-corrected chi connectivity index (χ1v) is 7.44. The topological polar surface area (TPSA) is 69.2 Å². The van der Waals surface area contributed by atoms with Crippen LogP contribution in [0.3, 0.4) is 0 Å². The molecule has 2 atom stereocenters. The molecule has 0 spiro atoms. The number of aryl methyl sites for hydroxylation is 1. The lowest BCUT2D eigenvalue weighted by atomic mass is 9.79. The third-order valence-corrected chi connectivity index (χ3v) is 4.52. The van der Waals surface area contributed by atoms with Gasteiger partial charge in [0.1, 0.15) is 5.67 Å². The van der Waals surface area contributed by atoms with Crippen molar-refractivity contribution in [3.63, 3.8) is 0 Å². The Bertz CT molecular complexity index is 710. The third kappa shape index (κ3) is 2.70. The number of nitrogens with one attached hydrogen (secondary N) is 1. The minimum Gasteiger partial charge on any atom is -0.480 e. The number of benzene rings is 1. The van der Waals surface area contributed by atoms with Crippen LogP contribution in [0.15, 0.2) is 18.2 Å².